The number of halogens is 1. The Hall–Kier alpha value is -3.91. The summed E-state index contributed by atoms with van der Waals surface area (Å²) in [5, 5.41) is 12.3. The molecule has 8 nitrogen and oxygen atoms in total. The van der Waals surface area contributed by atoms with Crippen LogP contribution in [0.1, 0.15) is 21.6 Å². The van der Waals surface area contributed by atoms with E-state index in [1.54, 1.807) is 36.5 Å². The molecular weight excluding hydrogens is 432 g/mol. The number of ether oxygens (including phenoxy) is 1. The van der Waals surface area contributed by atoms with Crippen LogP contribution in [0.15, 0.2) is 54.9 Å². The Morgan fingerprint density at radius 1 is 1.19 bits per heavy atom. The molecule has 1 atom stereocenters. The van der Waals surface area contributed by atoms with E-state index >= 15 is 0 Å². The number of carboxylic acid groups (broad SMARTS) is 1. The van der Waals surface area contributed by atoms with Gasteiger partial charge < -0.3 is 20.9 Å². The Kier molecular flexibility index (Phi) is 6.04. The van der Waals surface area contributed by atoms with Crippen LogP contribution in [0, 0.1) is 0 Å². The van der Waals surface area contributed by atoms with E-state index in [4.69, 9.17) is 27.2 Å². The Morgan fingerprint density at radius 3 is 2.72 bits per heavy atom. The van der Waals surface area contributed by atoms with Gasteiger partial charge in [-0.25, -0.2) is 14.8 Å². The largest absolute Gasteiger partial charge is 0.486 e. The molecule has 1 unspecified atom stereocenters. The summed E-state index contributed by atoms with van der Waals surface area (Å²) in [7, 11) is 0. The molecule has 3 aromatic rings. The number of hydrogen-bond acceptors (Lipinski definition) is 6. The van der Waals surface area contributed by atoms with Crippen LogP contribution in [0.25, 0.3) is 17.2 Å². The Morgan fingerprint density at radius 2 is 2.03 bits per heavy atom. The highest BCUT2D eigenvalue weighted by Crippen LogP contribution is 2.39. The molecule has 1 aliphatic heterocycles. The van der Waals surface area contributed by atoms with Crippen molar-refractivity contribution in [3.8, 4) is 16.9 Å². The first-order valence-corrected chi connectivity index (χ1v) is 10.1. The van der Waals surface area contributed by atoms with Gasteiger partial charge in [-0.05, 0) is 47.5 Å². The number of nitrogens with two attached hydrogens (primary N) is 1. The van der Waals surface area contributed by atoms with E-state index in [2.05, 4.69) is 15.3 Å². The van der Waals surface area contributed by atoms with Gasteiger partial charge in [-0.15, -0.1) is 0 Å². The average molecular weight is 451 g/mol. The number of pyridine rings is 2. The predicted molar refractivity (Wildman–Crippen MR) is 120 cm³/mol. The van der Waals surface area contributed by atoms with Crippen LogP contribution in [0.5, 0.6) is 5.75 Å². The number of amides is 1. The van der Waals surface area contributed by atoms with Gasteiger partial charge in [0, 0.05) is 36.0 Å². The molecule has 1 amide bonds. The van der Waals surface area contributed by atoms with Crippen LogP contribution in [-0.4, -0.2) is 39.6 Å². The number of hydrogen-bond donors (Lipinski definition) is 3. The maximum absolute atomic E-state index is 12.1. The van der Waals surface area contributed by atoms with Gasteiger partial charge in [0.05, 0.1) is 11.6 Å². The van der Waals surface area contributed by atoms with Crippen molar-refractivity contribution in [1.29, 1.82) is 0 Å². The van der Waals surface area contributed by atoms with E-state index in [0.29, 0.717) is 29.6 Å². The number of benzene rings is 1. The lowest BCUT2D eigenvalue weighted by molar-refractivity contribution is -0.116. The summed E-state index contributed by atoms with van der Waals surface area (Å²) in [5.41, 5.74) is 8.76. The highest BCUT2D eigenvalue weighted by molar-refractivity contribution is 6.32. The van der Waals surface area contributed by atoms with Crippen molar-refractivity contribution >= 4 is 35.4 Å². The van der Waals surface area contributed by atoms with Crippen LogP contribution in [0.2, 0.25) is 5.02 Å². The Labute approximate surface area is 188 Å². The fourth-order valence-corrected chi connectivity index (χ4v) is 3.60. The number of nitrogens with one attached hydrogen (secondary N) is 1. The minimum atomic E-state index is -1.08. The molecule has 0 radical (unpaired) electrons. The molecule has 2 aromatic heterocycles. The molecule has 0 bridgehead atoms. The van der Waals surface area contributed by atoms with E-state index in [9.17, 15) is 9.59 Å². The lowest BCUT2D eigenvalue weighted by Gasteiger charge is -2.11. The quantitative estimate of drug-likeness (QED) is 0.492. The van der Waals surface area contributed by atoms with E-state index in [1.165, 1.54) is 18.3 Å². The molecule has 1 aromatic carbocycles. The van der Waals surface area contributed by atoms with E-state index in [-0.39, 0.29) is 17.7 Å². The summed E-state index contributed by atoms with van der Waals surface area (Å²) in [6.07, 6.45) is 6.49. The smallest absolute Gasteiger partial charge is 0.354 e. The van der Waals surface area contributed by atoms with Gasteiger partial charge in [0.1, 0.15) is 23.4 Å². The molecule has 0 fully saturated rings. The van der Waals surface area contributed by atoms with E-state index in [1.807, 2.05) is 6.07 Å². The topological polar surface area (TPSA) is 127 Å². The van der Waals surface area contributed by atoms with Crippen LogP contribution in [0.3, 0.4) is 0 Å². The lowest BCUT2D eigenvalue weighted by Crippen LogP contribution is -2.33. The number of nitrogens with zero attached hydrogens (tertiary/aromatic N) is 2. The SMILES string of the molecule is Nc1ccc(C=CC(=O)NCC2Cc3cc(-c4ccc(C(=O)O)nc4)cc(Cl)c3O2)cn1. The van der Waals surface area contributed by atoms with Crippen LogP contribution >= 0.6 is 11.6 Å². The van der Waals surface area contributed by atoms with Crippen molar-refractivity contribution < 1.29 is 19.4 Å². The highest BCUT2D eigenvalue weighted by atomic mass is 35.5. The summed E-state index contributed by atoms with van der Waals surface area (Å²) in [4.78, 5) is 31.0. The number of carbonyl (C=O) groups excluding carboxylic acids is 1. The van der Waals surface area contributed by atoms with Gasteiger partial charge in [0.25, 0.3) is 0 Å². The van der Waals surface area contributed by atoms with E-state index in [0.717, 1.165) is 22.3 Å². The van der Waals surface area contributed by atoms with Crippen molar-refractivity contribution in [3.05, 3.63) is 76.7 Å². The van der Waals surface area contributed by atoms with Crippen molar-refractivity contribution in [1.82, 2.24) is 15.3 Å². The monoisotopic (exact) mass is 450 g/mol. The zero-order chi connectivity index (χ0) is 22.7. The van der Waals surface area contributed by atoms with Crippen molar-refractivity contribution in [2.75, 3.05) is 12.3 Å². The van der Waals surface area contributed by atoms with Gasteiger partial charge >= 0.3 is 5.97 Å². The number of carbonyl (C=O) groups is 2. The maximum Gasteiger partial charge on any atom is 0.354 e. The van der Waals surface area contributed by atoms with Crippen molar-refractivity contribution in [2.24, 2.45) is 0 Å². The third-order valence-electron chi connectivity index (χ3n) is 4.91. The zero-order valence-electron chi connectivity index (χ0n) is 16.8. The molecule has 4 rings (SSSR count). The third kappa shape index (κ3) is 4.87. The number of aromatic nitrogens is 2. The number of nitrogen functional groups attached to an aromatic ring is 1. The molecule has 4 N–H and O–H groups in total. The predicted octanol–water partition coefficient (Wildman–Crippen LogP) is 3.21. The van der Waals surface area contributed by atoms with Crippen LogP contribution in [0.4, 0.5) is 5.82 Å². The second-order valence-corrected chi connectivity index (χ2v) is 7.63. The van der Waals surface area contributed by atoms with Crippen molar-refractivity contribution in [2.45, 2.75) is 12.5 Å². The number of fused-ring (bicyclic) bond motifs is 1. The first-order valence-electron chi connectivity index (χ1n) is 9.75. The highest BCUT2D eigenvalue weighted by Gasteiger charge is 2.26. The summed E-state index contributed by atoms with van der Waals surface area (Å²) in [6, 6.07) is 10.3. The standard InChI is InChI=1S/C23H19ClN4O4/c24-18-9-15(14-3-4-19(23(30)31)26-11-14)7-16-8-17(32-22(16)18)12-28-21(29)6-2-13-1-5-20(25)27-10-13/h1-7,9-11,17H,8,12H2,(H2,25,27)(H,28,29)(H,30,31). The average Bonchev–Trinajstić information content (AvgIpc) is 3.21. The third-order valence-corrected chi connectivity index (χ3v) is 5.19. The Balaban J connectivity index is 1.38. The number of anilines is 1. The minimum absolute atomic E-state index is 0.0261. The molecule has 0 spiro atoms. The summed E-state index contributed by atoms with van der Waals surface area (Å²) < 4.78 is 5.92. The van der Waals surface area contributed by atoms with Crippen molar-refractivity contribution in [3.63, 3.8) is 0 Å². The molecule has 162 valence electrons. The summed E-state index contributed by atoms with van der Waals surface area (Å²) in [6.45, 7) is 0.318. The molecular formula is C23H19ClN4O4. The number of aromatic carboxylic acids is 1. The Bertz CT molecular complexity index is 1190. The summed E-state index contributed by atoms with van der Waals surface area (Å²) in [5.74, 6) is -0.326. The lowest BCUT2D eigenvalue weighted by atomic mass is 10.0. The van der Waals surface area contributed by atoms with Gasteiger partial charge in [-0.1, -0.05) is 17.7 Å². The minimum Gasteiger partial charge on any atom is -0.486 e. The molecule has 0 saturated carbocycles. The fourth-order valence-electron chi connectivity index (χ4n) is 3.32. The summed E-state index contributed by atoms with van der Waals surface area (Å²) >= 11 is 6.41. The first kappa shape index (κ1) is 21.3. The number of rotatable bonds is 6. The van der Waals surface area contributed by atoms with Gasteiger partial charge in [-0.3, -0.25) is 4.79 Å². The number of carboxylic acids is 1. The zero-order valence-corrected chi connectivity index (χ0v) is 17.5. The maximum atomic E-state index is 12.1. The normalized spacial score (nSPS) is 14.7. The van der Waals surface area contributed by atoms with E-state index < -0.39 is 5.97 Å². The van der Waals surface area contributed by atoms with Gasteiger partial charge in [0.2, 0.25) is 5.91 Å². The van der Waals surface area contributed by atoms with Crippen LogP contribution < -0.4 is 15.8 Å². The second kappa shape index (κ2) is 9.07. The molecule has 0 saturated heterocycles. The second-order valence-electron chi connectivity index (χ2n) is 7.22. The van der Waals surface area contributed by atoms with Crippen LogP contribution in [-0.2, 0) is 11.2 Å². The molecule has 9 heteroatoms. The fraction of sp³-hybridized carbons (Fsp3) is 0.130. The van der Waals surface area contributed by atoms with Gasteiger partial charge in [-0.2, -0.15) is 0 Å². The molecule has 1 aliphatic rings. The molecule has 0 aliphatic carbocycles. The van der Waals surface area contributed by atoms with Gasteiger partial charge in [0.15, 0.2) is 0 Å². The molecule has 32 heavy (non-hydrogen) atoms. The first-order chi connectivity index (χ1) is 15.4. The molecule has 3 heterocycles.